The van der Waals surface area contributed by atoms with E-state index in [1.165, 1.54) is 92.5 Å². The van der Waals surface area contributed by atoms with Gasteiger partial charge in [-0.2, -0.15) is 0 Å². The minimum atomic E-state index is -0.315. The first-order valence-electron chi connectivity index (χ1n) is 27.1. The van der Waals surface area contributed by atoms with Crippen LogP contribution in [0, 0.1) is 6.92 Å². The van der Waals surface area contributed by atoms with E-state index < -0.39 is 0 Å². The van der Waals surface area contributed by atoms with Gasteiger partial charge in [0, 0.05) is 41.8 Å². The van der Waals surface area contributed by atoms with Crippen molar-refractivity contribution in [3.8, 4) is 28.7 Å². The average Bonchev–Trinajstić information content (AvgIpc) is 3.43. The summed E-state index contributed by atoms with van der Waals surface area (Å²) in [5, 5.41) is 20.2. The molecule has 0 amide bonds. The molecule has 5 aliphatic rings. The molecular formula is C66H72N2O6. The normalized spacial score (nSPS) is 20.3. The van der Waals surface area contributed by atoms with Gasteiger partial charge in [-0.25, -0.2) is 0 Å². The van der Waals surface area contributed by atoms with Crippen LogP contribution in [-0.4, -0.2) is 72.2 Å². The quantitative estimate of drug-likeness (QED) is 0.125. The fraction of sp³-hybridized carbons (Fsp3) is 0.333. The van der Waals surface area contributed by atoms with Crippen molar-refractivity contribution in [1.29, 1.82) is 0 Å². The summed E-state index contributed by atoms with van der Waals surface area (Å²) in [6, 6.07) is 44.7. The summed E-state index contributed by atoms with van der Waals surface area (Å²) in [4.78, 5) is 5.05. The standard InChI is InChI=1S/C36H41NO3.C30H31NO3/c1-26-14-19-33-32(24-26)27(2)35(30-11-8-12-31(25-30)39-34-13-4-7-23-38-34)36(40-33)29-17-15-28(16-18-29)10-9-22-37-20-5-3-6-21-37;1-21-27-20-26(33)14-15-28(27)34-30(29(21)24-8-5-9-25(32)19-24)23-12-10-22(11-13-23)7-6-18-31-16-3-2-4-17-31/h8-12,14-19,24-25,34,36H,3-7,13,20-23H2,1-2H3;5-15,19-20,30,32-33H,2-4,16-18H2,1H3/b10-9+;7-6+. The fourth-order valence-electron chi connectivity index (χ4n) is 11.1. The highest BCUT2D eigenvalue weighted by Crippen LogP contribution is 2.49. The number of likely N-dealkylation sites (tertiary alicyclic amines) is 2. The lowest BCUT2D eigenvalue weighted by Gasteiger charge is -2.31. The molecule has 382 valence electrons. The van der Waals surface area contributed by atoms with Crippen molar-refractivity contribution < 1.29 is 29.2 Å². The SMILES string of the molecule is CC1=C(c2cccc(O)c2)C(c2ccc(/C=C/CN3CCCCC3)cc2)Oc2ccc(O)cc21.CC1=C(c2cccc(OC3CCCCO3)c2)C(c2ccc(/C=C/CN3CCCCC3)cc2)Oc2ccc(C)cc21. The zero-order valence-electron chi connectivity index (χ0n) is 43.5. The number of aromatic hydroxyl groups is 2. The Morgan fingerprint density at radius 2 is 1.05 bits per heavy atom. The van der Waals surface area contributed by atoms with E-state index in [1.807, 2.05) is 31.2 Å². The molecule has 0 bridgehead atoms. The van der Waals surface area contributed by atoms with Gasteiger partial charge in [0.05, 0.1) is 6.61 Å². The molecular weight excluding hydrogens is 917 g/mol. The van der Waals surface area contributed by atoms with Gasteiger partial charge < -0.3 is 29.2 Å². The maximum absolute atomic E-state index is 10.1. The number of ether oxygens (including phenoxy) is 4. The van der Waals surface area contributed by atoms with Crippen molar-refractivity contribution in [3.63, 3.8) is 0 Å². The fourth-order valence-corrected chi connectivity index (χ4v) is 11.1. The number of hydrogen-bond acceptors (Lipinski definition) is 8. The molecule has 0 radical (unpaired) electrons. The molecule has 11 rings (SSSR count). The lowest BCUT2D eigenvalue weighted by molar-refractivity contribution is -0.105. The highest BCUT2D eigenvalue weighted by Gasteiger charge is 2.31. The number of aryl methyl sites for hydroxylation is 1. The first-order valence-corrected chi connectivity index (χ1v) is 27.1. The Balaban J connectivity index is 0.000000172. The Labute approximate surface area is 438 Å². The van der Waals surface area contributed by atoms with Crippen molar-refractivity contribution >= 4 is 34.4 Å². The highest BCUT2D eigenvalue weighted by molar-refractivity contribution is 5.97. The zero-order chi connectivity index (χ0) is 50.8. The predicted octanol–water partition coefficient (Wildman–Crippen LogP) is 15.1. The van der Waals surface area contributed by atoms with Gasteiger partial charge in [0.1, 0.15) is 41.0 Å². The van der Waals surface area contributed by atoms with Crippen LogP contribution < -0.4 is 14.2 Å². The van der Waals surface area contributed by atoms with Crippen molar-refractivity contribution in [2.45, 2.75) is 97.1 Å². The number of rotatable bonds is 12. The number of hydrogen-bond donors (Lipinski definition) is 2. The molecule has 6 aromatic carbocycles. The third kappa shape index (κ3) is 12.4. The van der Waals surface area contributed by atoms with Gasteiger partial charge in [0.15, 0.2) is 6.29 Å². The van der Waals surface area contributed by atoms with Crippen LogP contribution in [0.5, 0.6) is 28.7 Å². The molecule has 6 aromatic rings. The van der Waals surface area contributed by atoms with Crippen LogP contribution >= 0.6 is 0 Å². The molecule has 5 heterocycles. The smallest absolute Gasteiger partial charge is 0.199 e. The Bertz CT molecular complexity index is 2990. The number of benzene rings is 6. The molecule has 3 fully saturated rings. The first kappa shape index (κ1) is 50.7. The molecule has 74 heavy (non-hydrogen) atoms. The van der Waals surface area contributed by atoms with Crippen LogP contribution in [0.3, 0.4) is 0 Å². The second kappa shape index (κ2) is 24.0. The minimum Gasteiger partial charge on any atom is -0.508 e. The lowest BCUT2D eigenvalue weighted by Crippen LogP contribution is -2.29. The highest BCUT2D eigenvalue weighted by atomic mass is 16.7. The van der Waals surface area contributed by atoms with E-state index in [-0.39, 0.29) is 30.0 Å². The summed E-state index contributed by atoms with van der Waals surface area (Å²) in [6.45, 7) is 14.0. The number of allylic oxidation sites excluding steroid dienone is 2. The van der Waals surface area contributed by atoms with Gasteiger partial charge in [-0.05, 0) is 185 Å². The van der Waals surface area contributed by atoms with E-state index in [2.05, 4.69) is 133 Å². The van der Waals surface area contributed by atoms with Gasteiger partial charge in [0.25, 0.3) is 0 Å². The first-order chi connectivity index (χ1) is 36.2. The molecule has 0 aliphatic carbocycles. The van der Waals surface area contributed by atoms with E-state index in [0.717, 1.165) is 101 Å². The molecule has 0 saturated carbocycles. The van der Waals surface area contributed by atoms with Gasteiger partial charge >= 0.3 is 0 Å². The van der Waals surface area contributed by atoms with Crippen molar-refractivity contribution in [3.05, 3.63) is 196 Å². The molecule has 2 N–H and O–H groups in total. The summed E-state index contributed by atoms with van der Waals surface area (Å²) >= 11 is 0. The van der Waals surface area contributed by atoms with Gasteiger partial charge in [0.2, 0.25) is 0 Å². The van der Waals surface area contributed by atoms with Crippen LogP contribution in [0.25, 0.3) is 34.4 Å². The van der Waals surface area contributed by atoms with Gasteiger partial charge in [-0.15, -0.1) is 0 Å². The number of piperidine rings is 2. The second-order valence-corrected chi connectivity index (χ2v) is 20.6. The topological polar surface area (TPSA) is 83.9 Å². The van der Waals surface area contributed by atoms with Crippen molar-refractivity contribution in [1.82, 2.24) is 9.80 Å². The Hall–Kier alpha value is -6.84. The summed E-state index contributed by atoms with van der Waals surface area (Å²) in [5.41, 5.74) is 14.3. The summed E-state index contributed by atoms with van der Waals surface area (Å²) in [5.74, 6) is 2.94. The largest absolute Gasteiger partial charge is 0.508 e. The van der Waals surface area contributed by atoms with E-state index in [0.29, 0.717) is 0 Å². The monoisotopic (exact) mass is 989 g/mol. The third-order valence-corrected chi connectivity index (χ3v) is 15.2. The molecule has 3 saturated heterocycles. The van der Waals surface area contributed by atoms with Crippen LogP contribution in [0.15, 0.2) is 146 Å². The number of phenolic OH excluding ortho intramolecular Hbond substituents is 2. The van der Waals surface area contributed by atoms with E-state index in [1.54, 1.807) is 24.3 Å². The Morgan fingerprint density at radius 1 is 0.527 bits per heavy atom. The lowest BCUT2D eigenvalue weighted by atomic mass is 9.85. The maximum atomic E-state index is 10.1. The third-order valence-electron chi connectivity index (χ3n) is 15.2. The summed E-state index contributed by atoms with van der Waals surface area (Å²) in [7, 11) is 0. The summed E-state index contributed by atoms with van der Waals surface area (Å²) < 4.78 is 25.3. The number of phenols is 2. The van der Waals surface area contributed by atoms with Crippen LogP contribution in [0.2, 0.25) is 0 Å². The van der Waals surface area contributed by atoms with Gasteiger partial charge in [-0.1, -0.05) is 122 Å². The summed E-state index contributed by atoms with van der Waals surface area (Å²) in [6.07, 6.45) is 19.5. The molecule has 8 heteroatoms. The molecule has 5 aliphatic heterocycles. The van der Waals surface area contributed by atoms with Crippen LogP contribution in [0.4, 0.5) is 0 Å². The van der Waals surface area contributed by atoms with Crippen molar-refractivity contribution in [2.24, 2.45) is 0 Å². The van der Waals surface area contributed by atoms with Crippen LogP contribution in [0.1, 0.15) is 134 Å². The van der Waals surface area contributed by atoms with E-state index in [4.69, 9.17) is 18.9 Å². The average molecular weight is 989 g/mol. The molecule has 3 atom stereocenters. The Kier molecular flexibility index (Phi) is 16.4. The predicted molar refractivity (Wildman–Crippen MR) is 301 cm³/mol. The Morgan fingerprint density at radius 3 is 1.61 bits per heavy atom. The van der Waals surface area contributed by atoms with E-state index in [9.17, 15) is 10.2 Å². The van der Waals surface area contributed by atoms with Crippen LogP contribution in [-0.2, 0) is 4.74 Å². The zero-order valence-corrected chi connectivity index (χ0v) is 43.5. The second-order valence-electron chi connectivity index (χ2n) is 20.6. The van der Waals surface area contributed by atoms with Gasteiger partial charge in [-0.3, -0.25) is 9.80 Å². The molecule has 0 aromatic heterocycles. The molecule has 3 unspecified atom stereocenters. The van der Waals surface area contributed by atoms with E-state index >= 15 is 0 Å². The maximum Gasteiger partial charge on any atom is 0.199 e. The molecule has 0 spiro atoms. The minimum absolute atomic E-state index is 0.170. The van der Waals surface area contributed by atoms with Crippen molar-refractivity contribution in [2.75, 3.05) is 45.9 Å². The number of fused-ring (bicyclic) bond motifs is 2. The number of nitrogens with zero attached hydrogens (tertiary/aromatic N) is 2. The molecule has 8 nitrogen and oxygen atoms in total.